The summed E-state index contributed by atoms with van der Waals surface area (Å²) < 4.78 is 15.9. The molecule has 0 fully saturated rings. The predicted octanol–water partition coefficient (Wildman–Crippen LogP) is 3.25. The van der Waals surface area contributed by atoms with E-state index < -0.39 is 0 Å². The van der Waals surface area contributed by atoms with E-state index in [1.54, 1.807) is 39.7 Å². The number of methoxy groups -OCH3 is 3. The van der Waals surface area contributed by atoms with E-state index >= 15 is 0 Å². The number of alkyl halides is 1. The third-order valence-electron chi connectivity index (χ3n) is 2.98. The molecule has 0 N–H and O–H groups in total. The number of rotatable bonds is 4. The summed E-state index contributed by atoms with van der Waals surface area (Å²) in [6.45, 7) is 0. The summed E-state index contributed by atoms with van der Waals surface area (Å²) >= 11 is 5.81. The minimum absolute atomic E-state index is 0.432. The molecule has 22 heavy (non-hydrogen) atoms. The Labute approximate surface area is 135 Å². The number of hydrogen-bond donors (Lipinski definition) is 0. The van der Waals surface area contributed by atoms with Crippen LogP contribution in [0.4, 0.5) is 0 Å². The van der Waals surface area contributed by atoms with Gasteiger partial charge in [-0.25, -0.2) is 4.98 Å². The molecule has 0 aliphatic rings. The highest BCUT2D eigenvalue weighted by Crippen LogP contribution is 2.37. The van der Waals surface area contributed by atoms with E-state index in [1.165, 1.54) is 0 Å². The Bertz CT molecular complexity index is 694. The largest absolute Gasteiger partial charge is 0.493 e. The second kappa shape index (κ2) is 7.58. The Hall–Kier alpha value is -2.38. The molecule has 0 bridgehead atoms. The molecule has 2 rings (SSSR count). The number of hydrogen-bond acceptors (Lipinski definition) is 4. The van der Waals surface area contributed by atoms with Gasteiger partial charge < -0.3 is 14.2 Å². The Kier molecular flexibility index (Phi) is 5.51. The number of ether oxygens (including phenoxy) is 3. The van der Waals surface area contributed by atoms with Crippen molar-refractivity contribution in [2.75, 3.05) is 21.3 Å². The summed E-state index contributed by atoms with van der Waals surface area (Å²) in [5.41, 5.74) is 2.38. The van der Waals surface area contributed by atoms with Crippen LogP contribution in [0.1, 0.15) is 16.8 Å². The molecular formula is C17H16ClNO3. The molecule has 0 saturated heterocycles. The maximum Gasteiger partial charge on any atom is 0.203 e. The molecule has 0 spiro atoms. The van der Waals surface area contributed by atoms with Crippen LogP contribution in [0.15, 0.2) is 30.5 Å². The molecule has 0 aliphatic heterocycles. The van der Waals surface area contributed by atoms with Gasteiger partial charge in [0.05, 0.1) is 21.3 Å². The van der Waals surface area contributed by atoms with Crippen LogP contribution in [0.25, 0.3) is 0 Å². The molecule has 1 heterocycles. The molecule has 4 nitrogen and oxygen atoms in total. The van der Waals surface area contributed by atoms with Gasteiger partial charge in [-0.05, 0) is 35.7 Å². The summed E-state index contributed by atoms with van der Waals surface area (Å²) in [5, 5.41) is 0. The number of halogens is 1. The van der Waals surface area contributed by atoms with Crippen molar-refractivity contribution in [3.8, 4) is 29.1 Å². The average Bonchev–Trinajstić information content (AvgIpc) is 2.58. The van der Waals surface area contributed by atoms with Crippen molar-refractivity contribution < 1.29 is 14.2 Å². The Morgan fingerprint density at radius 3 is 2.23 bits per heavy atom. The summed E-state index contributed by atoms with van der Waals surface area (Å²) in [7, 11) is 4.70. The molecule has 2 aromatic rings. The number of nitrogens with zero attached hydrogens (tertiary/aromatic N) is 1. The summed E-state index contributed by atoms with van der Waals surface area (Å²) in [6, 6.07) is 7.30. The van der Waals surface area contributed by atoms with Crippen LogP contribution < -0.4 is 14.2 Å². The molecule has 0 radical (unpaired) electrons. The lowest BCUT2D eigenvalue weighted by atomic mass is 10.1. The Morgan fingerprint density at radius 1 is 1.00 bits per heavy atom. The van der Waals surface area contributed by atoms with Crippen molar-refractivity contribution in [1.29, 1.82) is 0 Å². The van der Waals surface area contributed by atoms with Gasteiger partial charge in [0, 0.05) is 17.6 Å². The normalized spacial score (nSPS) is 9.64. The first-order valence-electron chi connectivity index (χ1n) is 6.54. The molecule has 1 aromatic carbocycles. The highest BCUT2D eigenvalue weighted by Gasteiger charge is 2.12. The van der Waals surface area contributed by atoms with Gasteiger partial charge >= 0.3 is 0 Å². The van der Waals surface area contributed by atoms with Crippen LogP contribution in [0.5, 0.6) is 17.2 Å². The lowest BCUT2D eigenvalue weighted by molar-refractivity contribution is 0.324. The average molecular weight is 318 g/mol. The zero-order valence-corrected chi connectivity index (χ0v) is 13.4. The molecule has 0 aliphatic carbocycles. The van der Waals surface area contributed by atoms with E-state index in [0.717, 1.165) is 11.1 Å². The van der Waals surface area contributed by atoms with Gasteiger partial charge in [0.2, 0.25) is 5.75 Å². The van der Waals surface area contributed by atoms with Gasteiger partial charge in [0.25, 0.3) is 0 Å². The van der Waals surface area contributed by atoms with Gasteiger partial charge in [-0.15, -0.1) is 11.6 Å². The van der Waals surface area contributed by atoms with Crippen molar-refractivity contribution in [3.63, 3.8) is 0 Å². The van der Waals surface area contributed by atoms with E-state index in [4.69, 9.17) is 25.8 Å². The van der Waals surface area contributed by atoms with Crippen LogP contribution in [-0.4, -0.2) is 26.3 Å². The van der Waals surface area contributed by atoms with Crippen LogP contribution in [0, 0.1) is 11.8 Å². The first kappa shape index (κ1) is 16.0. The van der Waals surface area contributed by atoms with Crippen LogP contribution in [-0.2, 0) is 5.88 Å². The quantitative estimate of drug-likeness (QED) is 0.641. The Morgan fingerprint density at radius 2 is 1.68 bits per heavy atom. The minimum Gasteiger partial charge on any atom is -0.493 e. The first-order valence-corrected chi connectivity index (χ1v) is 7.08. The highest BCUT2D eigenvalue weighted by atomic mass is 35.5. The maximum absolute atomic E-state index is 5.81. The predicted molar refractivity (Wildman–Crippen MR) is 85.9 cm³/mol. The SMILES string of the molecule is COc1cc(C#Cc2cc(CCl)ccn2)cc(OC)c1OC. The molecule has 0 atom stereocenters. The van der Waals surface area contributed by atoms with E-state index in [2.05, 4.69) is 16.8 Å². The third-order valence-corrected chi connectivity index (χ3v) is 3.29. The fourth-order valence-electron chi connectivity index (χ4n) is 1.92. The molecule has 0 amide bonds. The molecule has 114 valence electrons. The standard InChI is InChI=1S/C17H16ClNO3/c1-20-15-9-12(10-16(21-2)17(15)22-3)4-5-14-8-13(11-18)6-7-19-14/h6-10H,11H2,1-3H3. The van der Waals surface area contributed by atoms with Crippen molar-refractivity contribution in [2.45, 2.75) is 5.88 Å². The van der Waals surface area contributed by atoms with E-state index in [-0.39, 0.29) is 0 Å². The Balaban J connectivity index is 2.39. The van der Waals surface area contributed by atoms with Gasteiger partial charge in [0.1, 0.15) is 5.69 Å². The monoisotopic (exact) mass is 317 g/mol. The van der Waals surface area contributed by atoms with Crippen LogP contribution in [0.3, 0.4) is 0 Å². The number of benzene rings is 1. The molecule has 0 saturated carbocycles. The van der Waals surface area contributed by atoms with Crippen LogP contribution in [0.2, 0.25) is 0 Å². The van der Waals surface area contributed by atoms with Crippen LogP contribution >= 0.6 is 11.6 Å². The maximum atomic E-state index is 5.81. The molecule has 0 unspecified atom stereocenters. The number of aromatic nitrogens is 1. The topological polar surface area (TPSA) is 40.6 Å². The number of pyridine rings is 1. The van der Waals surface area contributed by atoms with E-state index in [1.807, 2.05) is 12.1 Å². The lowest BCUT2D eigenvalue weighted by Gasteiger charge is -2.12. The van der Waals surface area contributed by atoms with Gasteiger partial charge in [-0.3, -0.25) is 0 Å². The second-order valence-electron chi connectivity index (χ2n) is 4.35. The lowest BCUT2D eigenvalue weighted by Crippen LogP contribution is -1.95. The van der Waals surface area contributed by atoms with Crippen molar-refractivity contribution in [1.82, 2.24) is 4.98 Å². The fraction of sp³-hybridized carbons (Fsp3) is 0.235. The summed E-state index contributed by atoms with van der Waals surface area (Å²) in [6.07, 6.45) is 1.69. The zero-order chi connectivity index (χ0) is 15.9. The fourth-order valence-corrected chi connectivity index (χ4v) is 2.08. The first-order chi connectivity index (χ1) is 10.7. The van der Waals surface area contributed by atoms with Gasteiger partial charge in [-0.2, -0.15) is 0 Å². The van der Waals surface area contributed by atoms with E-state index in [0.29, 0.717) is 28.8 Å². The third kappa shape index (κ3) is 3.63. The molecular weight excluding hydrogens is 302 g/mol. The van der Waals surface area contributed by atoms with Gasteiger partial charge in [-0.1, -0.05) is 5.92 Å². The smallest absolute Gasteiger partial charge is 0.203 e. The highest BCUT2D eigenvalue weighted by molar-refractivity contribution is 6.17. The van der Waals surface area contributed by atoms with Crippen molar-refractivity contribution >= 4 is 11.6 Å². The summed E-state index contributed by atoms with van der Waals surface area (Å²) in [4.78, 5) is 4.20. The summed E-state index contributed by atoms with van der Waals surface area (Å²) in [5.74, 6) is 8.14. The second-order valence-corrected chi connectivity index (χ2v) is 4.61. The molecule has 5 heteroatoms. The molecule has 1 aromatic heterocycles. The van der Waals surface area contributed by atoms with E-state index in [9.17, 15) is 0 Å². The zero-order valence-electron chi connectivity index (χ0n) is 12.6. The van der Waals surface area contributed by atoms with Crippen molar-refractivity contribution in [2.24, 2.45) is 0 Å². The minimum atomic E-state index is 0.432. The van der Waals surface area contributed by atoms with Gasteiger partial charge in [0.15, 0.2) is 11.5 Å². The van der Waals surface area contributed by atoms with Crippen molar-refractivity contribution in [3.05, 3.63) is 47.3 Å².